The predicted octanol–water partition coefficient (Wildman–Crippen LogP) is 2.66. The van der Waals surface area contributed by atoms with E-state index in [1.54, 1.807) is 12.3 Å². The van der Waals surface area contributed by atoms with Crippen molar-refractivity contribution in [2.45, 2.75) is 30.8 Å². The van der Waals surface area contributed by atoms with Crippen LogP contribution in [0.15, 0.2) is 53.7 Å². The van der Waals surface area contributed by atoms with Gasteiger partial charge in [0.15, 0.2) is 0 Å². The number of rotatable bonds is 6. The van der Waals surface area contributed by atoms with E-state index in [0.29, 0.717) is 5.75 Å². The summed E-state index contributed by atoms with van der Waals surface area (Å²) in [5.74, 6) is 0.120. The highest BCUT2D eigenvalue weighted by atomic mass is 32.2. The summed E-state index contributed by atoms with van der Waals surface area (Å²) in [5.41, 5.74) is 1.97. The number of fused-ring (bicyclic) bond motifs is 1. The van der Waals surface area contributed by atoms with Gasteiger partial charge in [0, 0.05) is 12.2 Å². The first-order chi connectivity index (χ1) is 12.1. The second-order valence-corrected chi connectivity index (χ2v) is 7.05. The Hall–Kier alpha value is -2.34. The third kappa shape index (κ3) is 4.60. The van der Waals surface area contributed by atoms with E-state index in [4.69, 9.17) is 0 Å². The van der Waals surface area contributed by atoms with Gasteiger partial charge in [0.2, 0.25) is 11.8 Å². The van der Waals surface area contributed by atoms with Gasteiger partial charge in [-0.15, -0.1) is 0 Å². The molecule has 1 atom stereocenters. The number of nitrogens with zero attached hydrogens (tertiary/aromatic N) is 2. The first-order valence-electron chi connectivity index (χ1n) is 8.35. The number of amides is 2. The van der Waals surface area contributed by atoms with Crippen LogP contribution in [0.4, 0.5) is 5.69 Å². The van der Waals surface area contributed by atoms with Crippen LogP contribution in [-0.4, -0.2) is 35.1 Å². The molecule has 0 aliphatic carbocycles. The van der Waals surface area contributed by atoms with E-state index in [9.17, 15) is 9.59 Å². The molecule has 3 rings (SSSR count). The molecular formula is C19H21N3O2S. The molecule has 1 aromatic heterocycles. The molecule has 0 radical (unpaired) electrons. The first kappa shape index (κ1) is 17.5. The Bertz CT molecular complexity index is 751. The lowest BCUT2D eigenvalue weighted by atomic mass is 10.1. The number of anilines is 1. The number of thioether (sulfide) groups is 1. The molecular weight excluding hydrogens is 334 g/mol. The molecule has 0 fully saturated rings. The van der Waals surface area contributed by atoms with E-state index in [2.05, 4.69) is 22.4 Å². The van der Waals surface area contributed by atoms with Crippen LogP contribution in [0, 0.1) is 0 Å². The Labute approximate surface area is 151 Å². The molecule has 2 aromatic rings. The van der Waals surface area contributed by atoms with Crippen molar-refractivity contribution in [1.29, 1.82) is 0 Å². The zero-order valence-corrected chi connectivity index (χ0v) is 15.0. The van der Waals surface area contributed by atoms with Crippen molar-refractivity contribution in [3.63, 3.8) is 0 Å². The monoisotopic (exact) mass is 355 g/mol. The Balaban J connectivity index is 1.54. The Morgan fingerprint density at radius 3 is 2.88 bits per heavy atom. The average Bonchev–Trinajstić information content (AvgIpc) is 2.63. The molecule has 130 valence electrons. The van der Waals surface area contributed by atoms with E-state index >= 15 is 0 Å². The molecule has 0 bridgehead atoms. The Kier molecular flexibility index (Phi) is 5.71. The van der Waals surface area contributed by atoms with Crippen molar-refractivity contribution in [3.8, 4) is 0 Å². The average molecular weight is 355 g/mol. The molecule has 1 unspecified atom stereocenters. The number of hydrogen-bond donors (Lipinski definition) is 1. The lowest BCUT2D eigenvalue weighted by molar-refractivity contribution is -0.123. The largest absolute Gasteiger partial charge is 0.352 e. The van der Waals surface area contributed by atoms with E-state index in [-0.39, 0.29) is 24.4 Å². The highest BCUT2D eigenvalue weighted by Crippen LogP contribution is 2.32. The second-order valence-electron chi connectivity index (χ2n) is 6.09. The highest BCUT2D eigenvalue weighted by Gasteiger charge is 2.27. The van der Waals surface area contributed by atoms with Gasteiger partial charge in [-0.25, -0.2) is 4.98 Å². The first-order valence-corrected chi connectivity index (χ1v) is 9.33. The lowest BCUT2D eigenvalue weighted by Crippen LogP contribution is -2.45. The van der Waals surface area contributed by atoms with Crippen molar-refractivity contribution >= 4 is 29.3 Å². The smallest absolute Gasteiger partial charge is 0.240 e. The fourth-order valence-electron chi connectivity index (χ4n) is 2.78. The molecule has 1 aliphatic heterocycles. The summed E-state index contributed by atoms with van der Waals surface area (Å²) in [6.07, 6.45) is 3.47. The fourth-order valence-corrected chi connectivity index (χ4v) is 3.66. The van der Waals surface area contributed by atoms with Gasteiger partial charge in [-0.3, -0.25) is 14.5 Å². The zero-order chi connectivity index (χ0) is 17.6. The molecule has 1 aromatic carbocycles. The van der Waals surface area contributed by atoms with Crippen LogP contribution in [0.25, 0.3) is 0 Å². The van der Waals surface area contributed by atoms with Crippen LogP contribution < -0.4 is 10.2 Å². The van der Waals surface area contributed by atoms with Crippen LogP contribution in [0.1, 0.15) is 18.9 Å². The van der Waals surface area contributed by atoms with Gasteiger partial charge in [0.05, 0.1) is 11.4 Å². The SMILES string of the molecule is CC(CCc1ccccc1)NC(=O)CN1C(=O)CSc2ncccc21. The maximum atomic E-state index is 12.4. The quantitative estimate of drug-likeness (QED) is 0.865. The van der Waals surface area contributed by atoms with E-state index < -0.39 is 0 Å². The van der Waals surface area contributed by atoms with Crippen molar-refractivity contribution < 1.29 is 9.59 Å². The Morgan fingerprint density at radius 1 is 1.28 bits per heavy atom. The number of pyridine rings is 1. The molecule has 2 amide bonds. The molecule has 0 spiro atoms. The van der Waals surface area contributed by atoms with Crippen molar-refractivity contribution in [1.82, 2.24) is 10.3 Å². The molecule has 1 N–H and O–H groups in total. The van der Waals surface area contributed by atoms with Gasteiger partial charge in [0.1, 0.15) is 11.6 Å². The van der Waals surface area contributed by atoms with Gasteiger partial charge in [0.25, 0.3) is 0 Å². The minimum Gasteiger partial charge on any atom is -0.352 e. The topological polar surface area (TPSA) is 62.3 Å². The van der Waals surface area contributed by atoms with Crippen LogP contribution in [0.5, 0.6) is 0 Å². The van der Waals surface area contributed by atoms with Crippen LogP contribution in [0.3, 0.4) is 0 Å². The van der Waals surface area contributed by atoms with Crippen LogP contribution in [0.2, 0.25) is 0 Å². The number of benzene rings is 1. The second kappa shape index (κ2) is 8.16. The van der Waals surface area contributed by atoms with E-state index in [1.807, 2.05) is 31.2 Å². The summed E-state index contributed by atoms with van der Waals surface area (Å²) >= 11 is 1.41. The van der Waals surface area contributed by atoms with Crippen molar-refractivity contribution in [3.05, 3.63) is 54.2 Å². The number of aryl methyl sites for hydroxylation is 1. The molecule has 0 saturated heterocycles. The van der Waals surface area contributed by atoms with Gasteiger partial charge < -0.3 is 5.32 Å². The maximum absolute atomic E-state index is 12.4. The molecule has 5 nitrogen and oxygen atoms in total. The third-order valence-electron chi connectivity index (χ3n) is 4.09. The molecule has 0 saturated carbocycles. The molecule has 25 heavy (non-hydrogen) atoms. The van der Waals surface area contributed by atoms with Crippen molar-refractivity contribution in [2.75, 3.05) is 17.2 Å². The number of carbonyl (C=O) groups is 2. The summed E-state index contributed by atoms with van der Waals surface area (Å²) in [7, 11) is 0. The molecule has 2 heterocycles. The van der Waals surface area contributed by atoms with Gasteiger partial charge in [-0.1, -0.05) is 42.1 Å². The van der Waals surface area contributed by atoms with Gasteiger partial charge in [-0.05, 0) is 37.5 Å². The summed E-state index contributed by atoms with van der Waals surface area (Å²) in [4.78, 5) is 30.3. The molecule has 1 aliphatic rings. The Morgan fingerprint density at radius 2 is 2.08 bits per heavy atom. The minimum atomic E-state index is -0.143. The number of hydrogen-bond acceptors (Lipinski definition) is 4. The van der Waals surface area contributed by atoms with Crippen LogP contribution >= 0.6 is 11.8 Å². The molecule has 6 heteroatoms. The lowest BCUT2D eigenvalue weighted by Gasteiger charge is -2.28. The van der Waals surface area contributed by atoms with Crippen molar-refractivity contribution in [2.24, 2.45) is 0 Å². The third-order valence-corrected chi connectivity index (χ3v) is 5.07. The minimum absolute atomic E-state index is 0.0355. The van der Waals surface area contributed by atoms with Gasteiger partial charge >= 0.3 is 0 Å². The number of aromatic nitrogens is 1. The highest BCUT2D eigenvalue weighted by molar-refractivity contribution is 8.00. The summed E-state index contributed by atoms with van der Waals surface area (Å²) in [6, 6.07) is 13.9. The van der Waals surface area contributed by atoms with Crippen LogP contribution in [-0.2, 0) is 16.0 Å². The predicted molar refractivity (Wildman–Crippen MR) is 99.7 cm³/mol. The standard InChI is InChI=1S/C19H21N3O2S/c1-14(9-10-15-6-3-2-4-7-15)21-17(23)12-22-16-8-5-11-20-19(16)25-13-18(22)24/h2-8,11,14H,9-10,12-13H2,1H3,(H,21,23). The number of nitrogens with one attached hydrogen (secondary N) is 1. The number of carbonyl (C=O) groups excluding carboxylic acids is 2. The summed E-state index contributed by atoms with van der Waals surface area (Å²) < 4.78 is 0. The zero-order valence-electron chi connectivity index (χ0n) is 14.1. The van der Waals surface area contributed by atoms with E-state index in [1.165, 1.54) is 22.2 Å². The fraction of sp³-hybridized carbons (Fsp3) is 0.316. The summed E-state index contributed by atoms with van der Waals surface area (Å²) in [5, 5.41) is 3.79. The summed E-state index contributed by atoms with van der Waals surface area (Å²) in [6.45, 7) is 2.03. The van der Waals surface area contributed by atoms with E-state index in [0.717, 1.165) is 23.6 Å². The maximum Gasteiger partial charge on any atom is 0.240 e. The van der Waals surface area contributed by atoms with Gasteiger partial charge in [-0.2, -0.15) is 0 Å². The normalized spacial score (nSPS) is 14.8.